The molecule has 1 heterocycles. The number of nitrogens with one attached hydrogen (secondary N) is 2. The number of carbonyl (C=O) groups is 1. The first kappa shape index (κ1) is 12.2. The number of benzene rings is 1. The highest BCUT2D eigenvalue weighted by Crippen LogP contribution is 2.39. The van der Waals surface area contributed by atoms with Crippen molar-refractivity contribution < 1.29 is 4.79 Å². The van der Waals surface area contributed by atoms with Gasteiger partial charge in [-0.15, -0.1) is 0 Å². The summed E-state index contributed by atoms with van der Waals surface area (Å²) in [6.45, 7) is 2.52. The van der Waals surface area contributed by atoms with E-state index in [-0.39, 0.29) is 11.4 Å². The number of rotatable bonds is 4. The van der Waals surface area contributed by atoms with Crippen LogP contribution in [0.3, 0.4) is 0 Å². The fraction of sp³-hybridized carbons (Fsp3) is 0.400. The maximum Gasteiger partial charge on any atom is 0.251 e. The number of aromatic nitrogens is 1. The molecule has 4 nitrogen and oxygen atoms in total. The number of aromatic amines is 1. The summed E-state index contributed by atoms with van der Waals surface area (Å²) in [6.07, 6.45) is 4.19. The summed E-state index contributed by atoms with van der Waals surface area (Å²) in [5, 5.41) is 4.21. The Balaban J connectivity index is 1.82. The van der Waals surface area contributed by atoms with Gasteiger partial charge in [-0.25, -0.2) is 0 Å². The van der Waals surface area contributed by atoms with Crippen molar-refractivity contribution in [2.24, 2.45) is 11.7 Å². The summed E-state index contributed by atoms with van der Waals surface area (Å²) >= 11 is 0. The van der Waals surface area contributed by atoms with Gasteiger partial charge in [0.1, 0.15) is 0 Å². The molecular weight excluding hydrogens is 238 g/mol. The average Bonchev–Trinajstić information content (AvgIpc) is 3.17. The lowest BCUT2D eigenvalue weighted by Gasteiger charge is -2.29. The zero-order valence-electron chi connectivity index (χ0n) is 11.1. The van der Waals surface area contributed by atoms with Gasteiger partial charge in [0.05, 0.1) is 5.54 Å². The molecular formula is C15H19N3O. The highest BCUT2D eigenvalue weighted by molar-refractivity contribution is 5.98. The number of nitrogens with two attached hydrogens (primary N) is 1. The number of carbonyl (C=O) groups excluding carboxylic acids is 1. The first-order valence-electron chi connectivity index (χ1n) is 6.72. The predicted octanol–water partition coefficient (Wildman–Crippen LogP) is 2.03. The Morgan fingerprint density at radius 3 is 2.95 bits per heavy atom. The molecule has 100 valence electrons. The van der Waals surface area contributed by atoms with Crippen molar-refractivity contribution in [1.29, 1.82) is 0 Å². The maximum atomic E-state index is 12.3. The van der Waals surface area contributed by atoms with Crippen LogP contribution in [0.15, 0.2) is 30.5 Å². The molecule has 0 aliphatic heterocycles. The third kappa shape index (κ3) is 2.24. The van der Waals surface area contributed by atoms with Crippen LogP contribution >= 0.6 is 0 Å². The monoisotopic (exact) mass is 257 g/mol. The van der Waals surface area contributed by atoms with Gasteiger partial charge >= 0.3 is 0 Å². The summed E-state index contributed by atoms with van der Waals surface area (Å²) in [5.41, 5.74) is 7.21. The van der Waals surface area contributed by atoms with E-state index in [4.69, 9.17) is 5.73 Å². The molecule has 4 heteroatoms. The number of hydrogen-bond acceptors (Lipinski definition) is 2. The minimum Gasteiger partial charge on any atom is -0.361 e. The van der Waals surface area contributed by atoms with E-state index in [2.05, 4.69) is 10.3 Å². The van der Waals surface area contributed by atoms with Gasteiger partial charge in [0.25, 0.3) is 5.91 Å². The molecule has 1 aliphatic carbocycles. The molecule has 1 fully saturated rings. The van der Waals surface area contributed by atoms with E-state index in [0.717, 1.165) is 23.7 Å². The second-order valence-corrected chi connectivity index (χ2v) is 5.63. The second kappa shape index (κ2) is 4.38. The average molecular weight is 257 g/mol. The van der Waals surface area contributed by atoms with Crippen LogP contribution in [0.5, 0.6) is 0 Å². The third-order valence-corrected chi connectivity index (χ3v) is 4.12. The molecule has 1 aromatic heterocycles. The highest BCUT2D eigenvalue weighted by atomic mass is 16.1. The first-order valence-corrected chi connectivity index (χ1v) is 6.72. The SMILES string of the molecule is CC(CN)(NC(=O)c1ccc2cc[nH]c2c1)C1CC1. The Hall–Kier alpha value is -1.81. The van der Waals surface area contributed by atoms with Crippen LogP contribution in [0.25, 0.3) is 10.9 Å². The fourth-order valence-corrected chi connectivity index (χ4v) is 2.56. The summed E-state index contributed by atoms with van der Waals surface area (Å²) in [6, 6.07) is 7.69. The second-order valence-electron chi connectivity index (χ2n) is 5.63. The van der Waals surface area contributed by atoms with E-state index in [9.17, 15) is 4.79 Å². The summed E-state index contributed by atoms with van der Waals surface area (Å²) in [7, 11) is 0. The van der Waals surface area contributed by atoms with E-state index in [1.54, 1.807) is 0 Å². The molecule has 3 rings (SSSR count). The van der Waals surface area contributed by atoms with Crippen LogP contribution in [0.2, 0.25) is 0 Å². The lowest BCUT2D eigenvalue weighted by atomic mass is 9.95. The molecule has 0 spiro atoms. The van der Waals surface area contributed by atoms with Gasteiger partial charge in [0.15, 0.2) is 0 Å². The molecule has 4 N–H and O–H groups in total. The third-order valence-electron chi connectivity index (χ3n) is 4.12. The highest BCUT2D eigenvalue weighted by Gasteiger charge is 2.41. The number of H-pyrrole nitrogens is 1. The predicted molar refractivity (Wildman–Crippen MR) is 75.9 cm³/mol. The van der Waals surface area contributed by atoms with Crippen molar-refractivity contribution in [2.75, 3.05) is 6.54 Å². The molecule has 19 heavy (non-hydrogen) atoms. The molecule has 0 saturated heterocycles. The zero-order chi connectivity index (χ0) is 13.5. The molecule has 1 saturated carbocycles. The normalized spacial score (nSPS) is 18.2. The number of amides is 1. The minimum absolute atomic E-state index is 0.0450. The van der Waals surface area contributed by atoms with E-state index >= 15 is 0 Å². The van der Waals surface area contributed by atoms with Gasteiger partial charge in [-0.1, -0.05) is 6.07 Å². The Bertz CT molecular complexity index is 615. The van der Waals surface area contributed by atoms with Gasteiger partial charge < -0.3 is 16.0 Å². The van der Waals surface area contributed by atoms with Crippen molar-refractivity contribution in [1.82, 2.24) is 10.3 Å². The van der Waals surface area contributed by atoms with Crippen molar-refractivity contribution in [3.8, 4) is 0 Å². The van der Waals surface area contributed by atoms with Gasteiger partial charge in [-0.05, 0) is 49.3 Å². The van der Waals surface area contributed by atoms with Crippen molar-refractivity contribution in [3.63, 3.8) is 0 Å². The Morgan fingerprint density at radius 1 is 1.47 bits per heavy atom. The molecule has 1 atom stereocenters. The van der Waals surface area contributed by atoms with E-state index < -0.39 is 0 Å². The largest absolute Gasteiger partial charge is 0.361 e. The van der Waals surface area contributed by atoms with Crippen molar-refractivity contribution in [3.05, 3.63) is 36.0 Å². The van der Waals surface area contributed by atoms with Gasteiger partial charge in [-0.2, -0.15) is 0 Å². The van der Waals surface area contributed by atoms with Crippen LogP contribution in [-0.4, -0.2) is 23.0 Å². The molecule has 2 aromatic rings. The van der Waals surface area contributed by atoms with E-state index in [0.29, 0.717) is 18.0 Å². The van der Waals surface area contributed by atoms with Crippen LogP contribution < -0.4 is 11.1 Å². The van der Waals surface area contributed by atoms with Crippen molar-refractivity contribution in [2.45, 2.75) is 25.3 Å². The summed E-state index contributed by atoms with van der Waals surface area (Å²) < 4.78 is 0. The van der Waals surface area contributed by atoms with Crippen LogP contribution in [0.1, 0.15) is 30.1 Å². The Kier molecular flexibility index (Phi) is 2.82. The van der Waals surface area contributed by atoms with Gasteiger partial charge in [0.2, 0.25) is 0 Å². The zero-order valence-corrected chi connectivity index (χ0v) is 11.1. The number of hydrogen-bond donors (Lipinski definition) is 3. The topological polar surface area (TPSA) is 70.9 Å². The molecule has 1 amide bonds. The molecule has 1 aromatic carbocycles. The smallest absolute Gasteiger partial charge is 0.251 e. The maximum absolute atomic E-state index is 12.3. The fourth-order valence-electron chi connectivity index (χ4n) is 2.56. The minimum atomic E-state index is -0.276. The number of fused-ring (bicyclic) bond motifs is 1. The van der Waals surface area contributed by atoms with E-state index in [1.165, 1.54) is 0 Å². The molecule has 1 unspecified atom stereocenters. The summed E-state index contributed by atoms with van der Waals surface area (Å²) in [4.78, 5) is 15.5. The Morgan fingerprint density at radius 2 is 2.26 bits per heavy atom. The standard InChI is InChI=1S/C15H19N3O/c1-15(9-16,12-4-5-12)18-14(19)11-3-2-10-6-7-17-13(10)8-11/h2-3,6-8,12,17H,4-5,9,16H2,1H3,(H,18,19). The first-order chi connectivity index (χ1) is 9.12. The lowest BCUT2D eigenvalue weighted by Crippen LogP contribution is -2.53. The Labute approximate surface area is 112 Å². The van der Waals surface area contributed by atoms with Gasteiger partial charge in [0, 0.05) is 23.8 Å². The van der Waals surface area contributed by atoms with E-state index in [1.807, 2.05) is 37.4 Å². The molecule has 0 bridgehead atoms. The summed E-state index contributed by atoms with van der Waals surface area (Å²) in [5.74, 6) is 0.479. The van der Waals surface area contributed by atoms with Crippen LogP contribution in [0.4, 0.5) is 0 Å². The molecule has 1 aliphatic rings. The van der Waals surface area contributed by atoms with Crippen LogP contribution in [0, 0.1) is 5.92 Å². The van der Waals surface area contributed by atoms with Crippen LogP contribution in [-0.2, 0) is 0 Å². The quantitative estimate of drug-likeness (QED) is 0.784. The van der Waals surface area contributed by atoms with Crippen molar-refractivity contribution >= 4 is 16.8 Å². The lowest BCUT2D eigenvalue weighted by molar-refractivity contribution is 0.0898. The van der Waals surface area contributed by atoms with Gasteiger partial charge in [-0.3, -0.25) is 4.79 Å². The molecule has 0 radical (unpaired) electrons.